The summed E-state index contributed by atoms with van der Waals surface area (Å²) in [6, 6.07) is 3.40. The van der Waals surface area contributed by atoms with Crippen LogP contribution in [0.4, 0.5) is 0 Å². The van der Waals surface area contributed by atoms with Crippen LogP contribution in [-0.2, 0) is 4.79 Å². The smallest absolute Gasteiger partial charge is 0.263 e. The molecule has 6 nitrogen and oxygen atoms in total. The number of hydrogen-bond acceptors (Lipinski definition) is 5. The lowest BCUT2D eigenvalue weighted by Crippen LogP contribution is -2.46. The number of Topliss-reactive ketones (excluding diaryl/α,β-unsaturated/α-hetero) is 1. The molecular formula is C18H26ClN3O3S. The minimum absolute atomic E-state index is 0. The first-order valence-corrected chi connectivity index (χ1v) is 9.77. The van der Waals surface area contributed by atoms with Crippen LogP contribution >= 0.6 is 23.7 Å². The Labute approximate surface area is 164 Å². The van der Waals surface area contributed by atoms with Crippen molar-refractivity contribution < 1.29 is 14.4 Å². The van der Waals surface area contributed by atoms with Crippen molar-refractivity contribution in [1.29, 1.82) is 0 Å². The summed E-state index contributed by atoms with van der Waals surface area (Å²) in [6.07, 6.45) is 3.91. The Morgan fingerprint density at radius 3 is 2.65 bits per heavy atom. The van der Waals surface area contributed by atoms with Gasteiger partial charge in [0.2, 0.25) is 5.91 Å². The summed E-state index contributed by atoms with van der Waals surface area (Å²) in [5, 5.41) is 6.23. The second-order valence-electron chi connectivity index (χ2n) is 6.87. The fourth-order valence-corrected chi connectivity index (χ4v) is 4.36. The fraction of sp³-hybridized carbons (Fsp3) is 0.611. The number of likely N-dealkylation sites (tertiary alicyclic amines) is 1. The number of ketones is 1. The fourth-order valence-electron chi connectivity index (χ4n) is 3.49. The molecule has 2 unspecified atom stereocenters. The van der Waals surface area contributed by atoms with Gasteiger partial charge in [0, 0.05) is 19.6 Å². The van der Waals surface area contributed by atoms with E-state index in [1.165, 1.54) is 18.3 Å². The average Bonchev–Trinajstić information content (AvgIpc) is 3.30. The molecule has 26 heavy (non-hydrogen) atoms. The van der Waals surface area contributed by atoms with Crippen molar-refractivity contribution in [2.24, 2.45) is 5.92 Å². The van der Waals surface area contributed by atoms with Crippen molar-refractivity contribution in [2.45, 2.75) is 38.6 Å². The maximum atomic E-state index is 12.7. The van der Waals surface area contributed by atoms with E-state index in [4.69, 9.17) is 0 Å². The quantitative estimate of drug-likeness (QED) is 0.743. The van der Waals surface area contributed by atoms with Gasteiger partial charge < -0.3 is 15.5 Å². The highest BCUT2D eigenvalue weighted by Crippen LogP contribution is 2.23. The van der Waals surface area contributed by atoms with Crippen LogP contribution in [0.1, 0.15) is 52.0 Å². The van der Waals surface area contributed by atoms with E-state index in [0.29, 0.717) is 22.8 Å². The molecule has 2 aliphatic heterocycles. The molecule has 0 spiro atoms. The molecule has 144 valence electrons. The molecule has 2 aliphatic rings. The Morgan fingerprint density at radius 2 is 2.00 bits per heavy atom. The first kappa shape index (κ1) is 20.9. The molecule has 0 bridgehead atoms. The summed E-state index contributed by atoms with van der Waals surface area (Å²) in [4.78, 5) is 39.3. The Bertz CT molecular complexity index is 658. The minimum atomic E-state index is -0.0579. The van der Waals surface area contributed by atoms with Gasteiger partial charge in [-0.15, -0.1) is 23.7 Å². The topological polar surface area (TPSA) is 78.5 Å². The largest absolute Gasteiger partial charge is 0.354 e. The van der Waals surface area contributed by atoms with Gasteiger partial charge in [-0.05, 0) is 57.2 Å². The highest BCUT2D eigenvalue weighted by atomic mass is 35.5. The molecule has 0 aromatic carbocycles. The number of amides is 2. The number of hydrogen-bond donors (Lipinski definition) is 2. The van der Waals surface area contributed by atoms with E-state index >= 15 is 0 Å². The maximum absolute atomic E-state index is 12.7. The molecule has 0 saturated carbocycles. The third-order valence-corrected chi connectivity index (χ3v) is 6.09. The normalized spacial score (nSPS) is 22.6. The molecule has 2 N–H and O–H groups in total. The number of halogens is 1. The number of rotatable bonds is 5. The van der Waals surface area contributed by atoms with Gasteiger partial charge in [-0.25, -0.2) is 0 Å². The molecule has 1 aromatic heterocycles. The van der Waals surface area contributed by atoms with Crippen molar-refractivity contribution in [2.75, 3.05) is 26.2 Å². The number of thiophene rings is 1. The van der Waals surface area contributed by atoms with Crippen LogP contribution in [0.25, 0.3) is 0 Å². The standard InChI is InChI=1S/C18H25N3O3S.ClH/c1-12(22)15-6-7-16(25-15)18(24)21-9-3-4-13(11-21)10-20-17(23)14-5-2-8-19-14;/h6-7,13-14,19H,2-5,8-11H2,1H3,(H,20,23);1H. The van der Waals surface area contributed by atoms with Gasteiger partial charge in [0.25, 0.3) is 5.91 Å². The van der Waals surface area contributed by atoms with Crippen LogP contribution in [0.5, 0.6) is 0 Å². The van der Waals surface area contributed by atoms with Crippen LogP contribution in [0, 0.1) is 5.92 Å². The van der Waals surface area contributed by atoms with Gasteiger partial charge in [0.1, 0.15) is 0 Å². The molecular weight excluding hydrogens is 374 g/mol. The van der Waals surface area contributed by atoms with Crippen molar-refractivity contribution in [1.82, 2.24) is 15.5 Å². The molecule has 3 heterocycles. The third kappa shape index (κ3) is 5.05. The van der Waals surface area contributed by atoms with Crippen molar-refractivity contribution in [3.63, 3.8) is 0 Å². The number of nitrogens with zero attached hydrogens (tertiary/aromatic N) is 1. The summed E-state index contributed by atoms with van der Waals surface area (Å²) in [5.41, 5.74) is 0. The Hall–Kier alpha value is -1.44. The minimum Gasteiger partial charge on any atom is -0.354 e. The van der Waals surface area contributed by atoms with Crippen molar-refractivity contribution in [3.8, 4) is 0 Å². The van der Waals surface area contributed by atoms with Gasteiger partial charge >= 0.3 is 0 Å². The number of nitrogens with one attached hydrogen (secondary N) is 2. The van der Waals surface area contributed by atoms with Gasteiger partial charge in [-0.2, -0.15) is 0 Å². The van der Waals surface area contributed by atoms with Gasteiger partial charge in [-0.3, -0.25) is 14.4 Å². The predicted molar refractivity (Wildman–Crippen MR) is 104 cm³/mol. The predicted octanol–water partition coefficient (Wildman–Crippen LogP) is 2.09. The van der Waals surface area contributed by atoms with Crippen LogP contribution < -0.4 is 10.6 Å². The molecule has 8 heteroatoms. The van der Waals surface area contributed by atoms with E-state index in [2.05, 4.69) is 10.6 Å². The van der Waals surface area contributed by atoms with Crippen molar-refractivity contribution >= 4 is 41.3 Å². The van der Waals surface area contributed by atoms with E-state index in [1.54, 1.807) is 12.1 Å². The van der Waals surface area contributed by atoms with E-state index in [1.807, 2.05) is 4.90 Å². The second kappa shape index (κ2) is 9.48. The lowest BCUT2D eigenvalue weighted by Gasteiger charge is -2.32. The second-order valence-corrected chi connectivity index (χ2v) is 7.96. The van der Waals surface area contributed by atoms with Crippen molar-refractivity contribution in [3.05, 3.63) is 21.9 Å². The lowest BCUT2D eigenvalue weighted by molar-refractivity contribution is -0.123. The summed E-state index contributed by atoms with van der Waals surface area (Å²) in [7, 11) is 0. The third-order valence-electron chi connectivity index (χ3n) is 4.91. The maximum Gasteiger partial charge on any atom is 0.263 e. The lowest BCUT2D eigenvalue weighted by atomic mass is 9.97. The van der Waals surface area contributed by atoms with E-state index in [9.17, 15) is 14.4 Å². The molecule has 0 aliphatic carbocycles. The Balaban J connectivity index is 0.00000243. The Morgan fingerprint density at radius 1 is 1.23 bits per heavy atom. The highest BCUT2D eigenvalue weighted by Gasteiger charge is 2.27. The van der Waals surface area contributed by atoms with Gasteiger partial charge in [0.05, 0.1) is 15.8 Å². The van der Waals surface area contributed by atoms with E-state index in [0.717, 1.165) is 38.8 Å². The van der Waals surface area contributed by atoms with Gasteiger partial charge in [0.15, 0.2) is 5.78 Å². The molecule has 2 saturated heterocycles. The van der Waals surface area contributed by atoms with E-state index < -0.39 is 0 Å². The van der Waals surface area contributed by atoms with Crippen LogP contribution in [0.15, 0.2) is 12.1 Å². The average molecular weight is 400 g/mol. The summed E-state index contributed by atoms with van der Waals surface area (Å²) >= 11 is 1.26. The zero-order chi connectivity index (χ0) is 17.8. The molecule has 2 fully saturated rings. The van der Waals surface area contributed by atoms with Crippen LogP contribution in [-0.4, -0.2) is 54.7 Å². The van der Waals surface area contributed by atoms with E-state index in [-0.39, 0.29) is 42.0 Å². The molecule has 2 atom stereocenters. The molecule has 1 aromatic rings. The molecule has 3 rings (SSSR count). The highest BCUT2D eigenvalue weighted by molar-refractivity contribution is 7.15. The zero-order valence-electron chi connectivity index (χ0n) is 15.0. The van der Waals surface area contributed by atoms with Gasteiger partial charge in [-0.1, -0.05) is 0 Å². The zero-order valence-corrected chi connectivity index (χ0v) is 16.6. The van der Waals surface area contributed by atoms with Crippen LogP contribution in [0.3, 0.4) is 0 Å². The monoisotopic (exact) mass is 399 g/mol. The first-order chi connectivity index (χ1) is 12.0. The summed E-state index contributed by atoms with van der Waals surface area (Å²) < 4.78 is 0. The first-order valence-electron chi connectivity index (χ1n) is 8.95. The molecule has 2 amide bonds. The molecule has 0 radical (unpaired) electrons. The summed E-state index contributed by atoms with van der Waals surface area (Å²) in [5.74, 6) is 0.343. The number of piperidine rings is 1. The number of carbonyl (C=O) groups excluding carboxylic acids is 3. The Kier molecular flexibility index (Phi) is 7.61. The van der Waals surface area contributed by atoms with Crippen LogP contribution in [0.2, 0.25) is 0 Å². The summed E-state index contributed by atoms with van der Waals surface area (Å²) in [6.45, 7) is 4.43. The number of carbonyl (C=O) groups is 3. The SMILES string of the molecule is CC(=O)c1ccc(C(=O)N2CCCC(CNC(=O)C3CCCN3)C2)s1.Cl.